The SMILES string of the molecule is CN(C)C(=O)N1CCC(C(=O)NCC2(O)CCC2)CC1. The van der Waals surface area contributed by atoms with Crippen LogP contribution >= 0.6 is 0 Å². The third kappa shape index (κ3) is 3.42. The molecular weight excluding hydrogens is 258 g/mol. The fourth-order valence-corrected chi connectivity index (χ4v) is 2.77. The summed E-state index contributed by atoms with van der Waals surface area (Å²) in [6, 6.07) is 0.00707. The van der Waals surface area contributed by atoms with E-state index in [1.54, 1.807) is 23.9 Å². The van der Waals surface area contributed by atoms with E-state index in [0.29, 0.717) is 32.5 Å². The van der Waals surface area contributed by atoms with Gasteiger partial charge in [0.25, 0.3) is 0 Å². The maximum Gasteiger partial charge on any atom is 0.319 e. The normalized spacial score (nSPS) is 22.1. The Labute approximate surface area is 120 Å². The number of hydrogen-bond acceptors (Lipinski definition) is 3. The number of aliphatic hydroxyl groups is 1. The highest BCUT2D eigenvalue weighted by molar-refractivity contribution is 5.79. The molecule has 1 heterocycles. The molecule has 114 valence electrons. The third-order valence-corrected chi connectivity index (χ3v) is 4.39. The van der Waals surface area contributed by atoms with Crippen molar-refractivity contribution < 1.29 is 14.7 Å². The number of amides is 3. The van der Waals surface area contributed by atoms with Crippen molar-refractivity contribution in [3.05, 3.63) is 0 Å². The van der Waals surface area contributed by atoms with Crippen molar-refractivity contribution in [3.8, 4) is 0 Å². The van der Waals surface area contributed by atoms with Crippen LogP contribution in [-0.4, -0.2) is 66.2 Å². The molecular formula is C14H25N3O3. The van der Waals surface area contributed by atoms with Gasteiger partial charge in [0.15, 0.2) is 0 Å². The maximum atomic E-state index is 12.1. The number of likely N-dealkylation sites (tertiary alicyclic amines) is 1. The zero-order valence-corrected chi connectivity index (χ0v) is 12.4. The second-order valence-corrected chi connectivity index (χ2v) is 6.23. The van der Waals surface area contributed by atoms with Gasteiger partial charge in [0, 0.05) is 39.6 Å². The van der Waals surface area contributed by atoms with Crippen LogP contribution in [0.1, 0.15) is 32.1 Å². The highest BCUT2D eigenvalue weighted by atomic mass is 16.3. The number of carbonyl (C=O) groups excluding carboxylic acids is 2. The standard InChI is InChI=1S/C14H25N3O3/c1-16(2)13(19)17-8-4-11(5-9-17)12(18)15-10-14(20)6-3-7-14/h11,20H,3-10H2,1-2H3,(H,15,18). The van der Waals surface area contributed by atoms with E-state index in [4.69, 9.17) is 0 Å². The summed E-state index contributed by atoms with van der Waals surface area (Å²) in [7, 11) is 3.47. The fourth-order valence-electron chi connectivity index (χ4n) is 2.77. The first-order chi connectivity index (χ1) is 9.41. The number of rotatable bonds is 3. The minimum Gasteiger partial charge on any atom is -0.388 e. The average molecular weight is 283 g/mol. The molecule has 2 N–H and O–H groups in total. The van der Waals surface area contributed by atoms with Crippen LogP contribution in [0.5, 0.6) is 0 Å². The van der Waals surface area contributed by atoms with Gasteiger partial charge in [-0.1, -0.05) is 0 Å². The molecule has 6 nitrogen and oxygen atoms in total. The first-order valence-electron chi connectivity index (χ1n) is 7.38. The molecule has 1 saturated carbocycles. The molecule has 0 atom stereocenters. The Morgan fingerprint density at radius 2 is 1.90 bits per heavy atom. The Morgan fingerprint density at radius 1 is 1.30 bits per heavy atom. The van der Waals surface area contributed by atoms with Crippen molar-refractivity contribution in [2.75, 3.05) is 33.7 Å². The van der Waals surface area contributed by atoms with E-state index in [0.717, 1.165) is 19.3 Å². The van der Waals surface area contributed by atoms with E-state index in [2.05, 4.69) is 5.32 Å². The van der Waals surface area contributed by atoms with Crippen LogP contribution in [0.15, 0.2) is 0 Å². The van der Waals surface area contributed by atoms with Gasteiger partial charge in [-0.05, 0) is 32.1 Å². The molecule has 6 heteroatoms. The van der Waals surface area contributed by atoms with Gasteiger partial charge < -0.3 is 20.2 Å². The van der Waals surface area contributed by atoms with E-state index in [1.165, 1.54) is 0 Å². The monoisotopic (exact) mass is 283 g/mol. The molecule has 0 aromatic carbocycles. The molecule has 1 aliphatic heterocycles. The minimum absolute atomic E-state index is 0.00707. The zero-order valence-electron chi connectivity index (χ0n) is 12.4. The summed E-state index contributed by atoms with van der Waals surface area (Å²) in [5.74, 6) is -0.0211. The van der Waals surface area contributed by atoms with Crippen LogP contribution < -0.4 is 5.32 Å². The average Bonchev–Trinajstić information content (AvgIpc) is 2.42. The van der Waals surface area contributed by atoms with Gasteiger partial charge in [-0.2, -0.15) is 0 Å². The highest BCUT2D eigenvalue weighted by Crippen LogP contribution is 2.30. The molecule has 0 aromatic rings. The van der Waals surface area contributed by atoms with Crippen molar-refractivity contribution in [2.45, 2.75) is 37.7 Å². The summed E-state index contributed by atoms with van der Waals surface area (Å²) in [6.07, 6.45) is 4.00. The number of piperidine rings is 1. The summed E-state index contributed by atoms with van der Waals surface area (Å²) >= 11 is 0. The fraction of sp³-hybridized carbons (Fsp3) is 0.857. The zero-order chi connectivity index (χ0) is 14.8. The molecule has 0 bridgehead atoms. The molecule has 1 saturated heterocycles. The smallest absolute Gasteiger partial charge is 0.319 e. The molecule has 0 unspecified atom stereocenters. The van der Waals surface area contributed by atoms with Gasteiger partial charge in [-0.15, -0.1) is 0 Å². The van der Waals surface area contributed by atoms with Crippen molar-refractivity contribution >= 4 is 11.9 Å². The summed E-state index contributed by atoms with van der Waals surface area (Å²) in [4.78, 5) is 27.2. The Morgan fingerprint density at radius 3 is 2.35 bits per heavy atom. The molecule has 0 radical (unpaired) electrons. The Kier molecular flexibility index (Phi) is 4.52. The lowest BCUT2D eigenvalue weighted by molar-refractivity contribution is -0.128. The number of nitrogens with one attached hydrogen (secondary N) is 1. The van der Waals surface area contributed by atoms with Crippen molar-refractivity contribution in [2.24, 2.45) is 5.92 Å². The predicted octanol–water partition coefficient (Wildman–Crippen LogP) is 0.411. The Balaban J connectivity index is 1.73. The second kappa shape index (κ2) is 5.99. The van der Waals surface area contributed by atoms with Crippen molar-refractivity contribution in [1.82, 2.24) is 15.1 Å². The van der Waals surface area contributed by atoms with Gasteiger partial charge >= 0.3 is 6.03 Å². The quantitative estimate of drug-likeness (QED) is 0.788. The number of urea groups is 1. The summed E-state index contributed by atoms with van der Waals surface area (Å²) in [5, 5.41) is 12.8. The molecule has 20 heavy (non-hydrogen) atoms. The van der Waals surface area contributed by atoms with Gasteiger partial charge in [0.05, 0.1) is 5.60 Å². The summed E-state index contributed by atoms with van der Waals surface area (Å²) in [6.45, 7) is 1.61. The molecule has 2 fully saturated rings. The minimum atomic E-state index is -0.669. The summed E-state index contributed by atoms with van der Waals surface area (Å²) < 4.78 is 0. The van der Waals surface area contributed by atoms with Crippen LogP contribution in [0.3, 0.4) is 0 Å². The van der Waals surface area contributed by atoms with Crippen LogP contribution in [0.2, 0.25) is 0 Å². The molecule has 2 rings (SSSR count). The Bertz CT molecular complexity index is 372. The number of hydrogen-bond donors (Lipinski definition) is 2. The second-order valence-electron chi connectivity index (χ2n) is 6.23. The third-order valence-electron chi connectivity index (χ3n) is 4.39. The van der Waals surface area contributed by atoms with E-state index >= 15 is 0 Å². The molecule has 0 aromatic heterocycles. The van der Waals surface area contributed by atoms with Gasteiger partial charge in [0.2, 0.25) is 5.91 Å². The van der Waals surface area contributed by atoms with Crippen LogP contribution in [-0.2, 0) is 4.79 Å². The van der Waals surface area contributed by atoms with Crippen LogP contribution in [0.25, 0.3) is 0 Å². The van der Waals surface area contributed by atoms with E-state index in [9.17, 15) is 14.7 Å². The van der Waals surface area contributed by atoms with Gasteiger partial charge in [-0.3, -0.25) is 4.79 Å². The summed E-state index contributed by atoms with van der Waals surface area (Å²) in [5.41, 5.74) is -0.669. The van der Waals surface area contributed by atoms with Gasteiger partial charge in [0.1, 0.15) is 0 Å². The maximum absolute atomic E-state index is 12.1. The van der Waals surface area contributed by atoms with Crippen LogP contribution in [0, 0.1) is 5.92 Å². The van der Waals surface area contributed by atoms with Crippen molar-refractivity contribution in [3.63, 3.8) is 0 Å². The van der Waals surface area contributed by atoms with Crippen LogP contribution in [0.4, 0.5) is 4.79 Å². The molecule has 0 spiro atoms. The van der Waals surface area contributed by atoms with E-state index < -0.39 is 5.60 Å². The lowest BCUT2D eigenvalue weighted by Gasteiger charge is -2.37. The number of nitrogens with zero attached hydrogens (tertiary/aromatic N) is 2. The van der Waals surface area contributed by atoms with E-state index in [-0.39, 0.29) is 17.9 Å². The largest absolute Gasteiger partial charge is 0.388 e. The Hall–Kier alpha value is -1.30. The molecule has 1 aliphatic carbocycles. The predicted molar refractivity (Wildman–Crippen MR) is 75.2 cm³/mol. The molecule has 3 amide bonds. The first-order valence-corrected chi connectivity index (χ1v) is 7.38. The van der Waals surface area contributed by atoms with Gasteiger partial charge in [-0.25, -0.2) is 4.79 Å². The molecule has 2 aliphatic rings. The van der Waals surface area contributed by atoms with Crippen molar-refractivity contribution in [1.29, 1.82) is 0 Å². The highest BCUT2D eigenvalue weighted by Gasteiger charge is 2.35. The first kappa shape index (κ1) is 15.1. The lowest BCUT2D eigenvalue weighted by atomic mass is 9.80. The van der Waals surface area contributed by atoms with E-state index in [1.807, 2.05) is 0 Å². The number of carbonyl (C=O) groups is 2. The topological polar surface area (TPSA) is 72.9 Å². The lowest BCUT2D eigenvalue weighted by Crippen LogP contribution is -2.51.